The first-order chi connectivity index (χ1) is 9.01. The van der Waals surface area contributed by atoms with Crippen molar-refractivity contribution in [3.8, 4) is 0 Å². The van der Waals surface area contributed by atoms with E-state index in [2.05, 4.69) is 5.32 Å². The van der Waals surface area contributed by atoms with Gasteiger partial charge in [0.15, 0.2) is 0 Å². The lowest BCUT2D eigenvalue weighted by Crippen LogP contribution is -2.44. The molecule has 1 saturated heterocycles. The highest BCUT2D eigenvalue weighted by atomic mass is 35.5. The molecule has 0 bridgehead atoms. The molecule has 0 radical (unpaired) electrons. The second-order valence-electron chi connectivity index (χ2n) is 5.53. The molecule has 1 fully saturated rings. The summed E-state index contributed by atoms with van der Waals surface area (Å²) in [6.45, 7) is 7.46. The maximum Gasteiger partial charge on any atom is 0.232 e. The van der Waals surface area contributed by atoms with Crippen LogP contribution in [0.15, 0.2) is 24.3 Å². The number of halogens is 1. The van der Waals surface area contributed by atoms with Gasteiger partial charge in [0.2, 0.25) is 5.91 Å². The molecule has 1 aromatic carbocycles. The van der Waals surface area contributed by atoms with Gasteiger partial charge in [-0.05, 0) is 44.5 Å². The zero-order valence-electron chi connectivity index (χ0n) is 11.6. The predicted octanol–water partition coefficient (Wildman–Crippen LogP) is 2.44. The molecule has 1 N–H and O–H groups in total. The minimum Gasteiger partial charge on any atom is -0.341 e. The van der Waals surface area contributed by atoms with Crippen LogP contribution in [0.5, 0.6) is 0 Å². The van der Waals surface area contributed by atoms with Gasteiger partial charge in [0.1, 0.15) is 0 Å². The molecule has 0 atom stereocenters. The predicted molar refractivity (Wildman–Crippen MR) is 78.5 cm³/mol. The summed E-state index contributed by atoms with van der Waals surface area (Å²) in [5, 5.41) is 4.02. The summed E-state index contributed by atoms with van der Waals surface area (Å²) in [6.07, 6.45) is 1.02. The van der Waals surface area contributed by atoms with E-state index < -0.39 is 5.41 Å². The van der Waals surface area contributed by atoms with Crippen molar-refractivity contribution < 1.29 is 4.79 Å². The van der Waals surface area contributed by atoms with Crippen molar-refractivity contribution >= 4 is 17.5 Å². The van der Waals surface area contributed by atoms with Gasteiger partial charge < -0.3 is 10.2 Å². The van der Waals surface area contributed by atoms with Gasteiger partial charge in [0, 0.05) is 24.7 Å². The molecular weight excluding hydrogens is 260 g/mol. The SMILES string of the molecule is CC(C)(C(=O)N1CCCNCC1)c1ccc(Cl)cc1. The Morgan fingerprint density at radius 3 is 2.58 bits per heavy atom. The van der Waals surface area contributed by atoms with E-state index in [9.17, 15) is 4.79 Å². The maximum atomic E-state index is 12.7. The number of carbonyl (C=O) groups is 1. The van der Waals surface area contributed by atoms with E-state index >= 15 is 0 Å². The Kier molecular flexibility index (Phi) is 4.48. The summed E-state index contributed by atoms with van der Waals surface area (Å²) >= 11 is 5.91. The van der Waals surface area contributed by atoms with Crippen molar-refractivity contribution in [1.82, 2.24) is 10.2 Å². The third kappa shape index (κ3) is 3.28. The fraction of sp³-hybridized carbons (Fsp3) is 0.533. The Morgan fingerprint density at radius 1 is 1.21 bits per heavy atom. The standard InChI is InChI=1S/C15H21ClN2O/c1-15(2,12-4-6-13(16)7-5-12)14(19)18-10-3-8-17-9-11-18/h4-7,17H,3,8-11H2,1-2H3. The van der Waals surface area contributed by atoms with Crippen molar-refractivity contribution in [2.75, 3.05) is 26.2 Å². The molecule has 19 heavy (non-hydrogen) atoms. The maximum absolute atomic E-state index is 12.7. The Bertz CT molecular complexity index is 434. The average molecular weight is 281 g/mol. The number of rotatable bonds is 2. The van der Waals surface area contributed by atoms with E-state index in [-0.39, 0.29) is 5.91 Å². The van der Waals surface area contributed by atoms with E-state index in [1.807, 2.05) is 43.0 Å². The molecule has 0 aromatic heterocycles. The number of benzene rings is 1. The van der Waals surface area contributed by atoms with Crippen LogP contribution in [-0.2, 0) is 10.2 Å². The topological polar surface area (TPSA) is 32.3 Å². The Hall–Kier alpha value is -1.06. The first-order valence-corrected chi connectivity index (χ1v) is 7.16. The number of carbonyl (C=O) groups excluding carboxylic acids is 1. The monoisotopic (exact) mass is 280 g/mol. The minimum atomic E-state index is -0.505. The second-order valence-corrected chi connectivity index (χ2v) is 5.96. The Balaban J connectivity index is 2.17. The van der Waals surface area contributed by atoms with Gasteiger partial charge in [-0.25, -0.2) is 0 Å². The highest BCUT2D eigenvalue weighted by Crippen LogP contribution is 2.27. The van der Waals surface area contributed by atoms with Crippen molar-refractivity contribution in [3.63, 3.8) is 0 Å². The number of amides is 1. The van der Waals surface area contributed by atoms with Crippen LogP contribution in [-0.4, -0.2) is 37.0 Å². The fourth-order valence-electron chi connectivity index (χ4n) is 2.43. The number of hydrogen-bond donors (Lipinski definition) is 1. The zero-order valence-corrected chi connectivity index (χ0v) is 12.3. The van der Waals surface area contributed by atoms with E-state index in [1.165, 1.54) is 0 Å². The molecule has 1 aliphatic heterocycles. The van der Waals surface area contributed by atoms with Gasteiger partial charge in [-0.15, -0.1) is 0 Å². The third-order valence-corrected chi connectivity index (χ3v) is 3.98. The number of hydrogen-bond acceptors (Lipinski definition) is 2. The first-order valence-electron chi connectivity index (χ1n) is 6.78. The normalized spacial score (nSPS) is 17.1. The van der Waals surface area contributed by atoms with Crippen LogP contribution in [0.2, 0.25) is 5.02 Å². The summed E-state index contributed by atoms with van der Waals surface area (Å²) in [5.41, 5.74) is 0.508. The van der Waals surface area contributed by atoms with Gasteiger partial charge in [-0.2, -0.15) is 0 Å². The highest BCUT2D eigenvalue weighted by molar-refractivity contribution is 6.30. The smallest absolute Gasteiger partial charge is 0.232 e. The molecule has 0 unspecified atom stereocenters. The zero-order chi connectivity index (χ0) is 13.9. The molecule has 3 nitrogen and oxygen atoms in total. The number of nitrogens with one attached hydrogen (secondary N) is 1. The van der Waals surface area contributed by atoms with Crippen LogP contribution in [0.1, 0.15) is 25.8 Å². The number of nitrogens with zero attached hydrogens (tertiary/aromatic N) is 1. The molecule has 1 aliphatic rings. The van der Waals surface area contributed by atoms with Crippen LogP contribution < -0.4 is 5.32 Å². The van der Waals surface area contributed by atoms with E-state index in [0.29, 0.717) is 5.02 Å². The van der Waals surface area contributed by atoms with Gasteiger partial charge in [0.25, 0.3) is 0 Å². The molecule has 2 rings (SSSR count). The van der Waals surface area contributed by atoms with E-state index in [1.54, 1.807) is 0 Å². The van der Waals surface area contributed by atoms with Crippen molar-refractivity contribution in [2.45, 2.75) is 25.7 Å². The molecule has 1 amide bonds. The summed E-state index contributed by atoms with van der Waals surface area (Å²) in [6, 6.07) is 7.57. The van der Waals surface area contributed by atoms with Crippen LogP contribution in [0.25, 0.3) is 0 Å². The minimum absolute atomic E-state index is 0.193. The van der Waals surface area contributed by atoms with Crippen molar-refractivity contribution in [3.05, 3.63) is 34.9 Å². The molecule has 104 valence electrons. The van der Waals surface area contributed by atoms with Crippen LogP contribution >= 0.6 is 11.6 Å². The fourth-order valence-corrected chi connectivity index (χ4v) is 2.56. The molecule has 4 heteroatoms. The van der Waals surface area contributed by atoms with Crippen LogP contribution in [0, 0.1) is 0 Å². The van der Waals surface area contributed by atoms with Crippen LogP contribution in [0.3, 0.4) is 0 Å². The lowest BCUT2D eigenvalue weighted by atomic mass is 9.83. The third-order valence-electron chi connectivity index (χ3n) is 3.73. The van der Waals surface area contributed by atoms with Gasteiger partial charge in [0.05, 0.1) is 5.41 Å². The van der Waals surface area contributed by atoms with E-state index in [4.69, 9.17) is 11.6 Å². The van der Waals surface area contributed by atoms with Gasteiger partial charge in [-0.1, -0.05) is 23.7 Å². The summed E-state index contributed by atoms with van der Waals surface area (Å²) in [5.74, 6) is 0.193. The first kappa shape index (κ1) is 14.4. The largest absolute Gasteiger partial charge is 0.341 e. The highest BCUT2D eigenvalue weighted by Gasteiger charge is 2.33. The van der Waals surface area contributed by atoms with Crippen molar-refractivity contribution in [1.29, 1.82) is 0 Å². The molecule has 0 saturated carbocycles. The second kappa shape index (κ2) is 5.93. The molecule has 1 aromatic rings. The lowest BCUT2D eigenvalue weighted by Gasteiger charge is -2.31. The quantitative estimate of drug-likeness (QED) is 0.902. The summed E-state index contributed by atoms with van der Waals surface area (Å²) < 4.78 is 0. The molecule has 0 spiro atoms. The summed E-state index contributed by atoms with van der Waals surface area (Å²) in [7, 11) is 0. The molecule has 0 aliphatic carbocycles. The van der Waals surface area contributed by atoms with Crippen LogP contribution in [0.4, 0.5) is 0 Å². The Labute approximate surface area is 119 Å². The average Bonchev–Trinajstić information content (AvgIpc) is 2.67. The lowest BCUT2D eigenvalue weighted by molar-refractivity contribution is -0.136. The molecule has 1 heterocycles. The van der Waals surface area contributed by atoms with Gasteiger partial charge in [-0.3, -0.25) is 4.79 Å². The Morgan fingerprint density at radius 2 is 1.89 bits per heavy atom. The summed E-state index contributed by atoms with van der Waals surface area (Å²) in [4.78, 5) is 14.7. The van der Waals surface area contributed by atoms with Crippen molar-refractivity contribution in [2.24, 2.45) is 0 Å². The van der Waals surface area contributed by atoms with Gasteiger partial charge >= 0.3 is 0 Å². The molecular formula is C15H21ClN2O. The van der Waals surface area contributed by atoms with E-state index in [0.717, 1.165) is 38.2 Å².